The van der Waals surface area contributed by atoms with Crippen molar-refractivity contribution in [2.45, 2.75) is 44.6 Å². The van der Waals surface area contributed by atoms with Crippen LogP contribution in [0.4, 0.5) is 0 Å². The van der Waals surface area contributed by atoms with Crippen LogP contribution in [0.3, 0.4) is 0 Å². The maximum Gasteiger partial charge on any atom is 0.104 e. The molecule has 3 heteroatoms. The van der Waals surface area contributed by atoms with Crippen molar-refractivity contribution in [3.63, 3.8) is 0 Å². The minimum absolute atomic E-state index is 0.312. The number of aliphatic hydroxyl groups is 1. The number of epoxide rings is 1. The van der Waals surface area contributed by atoms with Crippen LogP contribution in [0.5, 0.6) is 0 Å². The number of rotatable bonds is 11. The molecule has 1 N–H and O–H groups in total. The van der Waals surface area contributed by atoms with Crippen LogP contribution in [0.25, 0.3) is 0 Å². The van der Waals surface area contributed by atoms with Crippen LogP contribution >= 0.6 is 0 Å². The van der Waals surface area contributed by atoms with E-state index >= 15 is 0 Å². The van der Waals surface area contributed by atoms with Gasteiger partial charge in [-0.05, 0) is 49.7 Å². The van der Waals surface area contributed by atoms with Gasteiger partial charge in [-0.1, -0.05) is 60.7 Å². The molecule has 1 unspecified atom stereocenters. The first kappa shape index (κ1) is 20.6. The molecule has 3 rings (SSSR count). The minimum Gasteiger partial charge on any atom is -0.396 e. The second kappa shape index (κ2) is 13.5. The summed E-state index contributed by atoms with van der Waals surface area (Å²) in [6.07, 6.45) is 6.98. The molecular weight excluding hydrogens is 324 g/mol. The lowest BCUT2D eigenvalue weighted by Gasteiger charge is -2.02. The van der Waals surface area contributed by atoms with E-state index in [2.05, 4.69) is 42.5 Å². The standard InChI is InChI=1S/C13H18O2.C10H14O/c1-2-6-12(7-3-1)8-4-5-9-14-10-13-11-15-13;11-9-5-4-8-10-6-2-1-3-7-10/h1-3,6-7,13H,4-5,8-11H2;1-3,6-7,11H,4-5,8-9H2. The molecule has 142 valence electrons. The molecule has 2 aromatic rings. The molecule has 1 atom stereocenters. The third-order valence-corrected chi connectivity index (χ3v) is 4.27. The van der Waals surface area contributed by atoms with Crippen molar-refractivity contribution in [3.8, 4) is 0 Å². The van der Waals surface area contributed by atoms with Crippen LogP contribution in [0.2, 0.25) is 0 Å². The van der Waals surface area contributed by atoms with Gasteiger partial charge < -0.3 is 14.6 Å². The van der Waals surface area contributed by atoms with E-state index < -0.39 is 0 Å². The SMILES string of the molecule is OCCCCc1ccccc1.c1ccc(CCCCOCC2CO2)cc1. The lowest BCUT2D eigenvalue weighted by Crippen LogP contribution is -2.02. The summed E-state index contributed by atoms with van der Waals surface area (Å²) in [5, 5.41) is 8.54. The highest BCUT2D eigenvalue weighted by Crippen LogP contribution is 2.09. The molecule has 0 bridgehead atoms. The van der Waals surface area contributed by atoms with Crippen LogP contribution in [0.15, 0.2) is 60.7 Å². The largest absolute Gasteiger partial charge is 0.396 e. The van der Waals surface area contributed by atoms with Crippen LogP contribution < -0.4 is 0 Å². The second-order valence-corrected chi connectivity index (χ2v) is 6.64. The Bertz CT molecular complexity index is 552. The third kappa shape index (κ3) is 10.3. The fourth-order valence-corrected chi connectivity index (χ4v) is 2.64. The van der Waals surface area contributed by atoms with E-state index in [9.17, 15) is 0 Å². The zero-order valence-electron chi connectivity index (χ0n) is 15.7. The first-order valence-corrected chi connectivity index (χ1v) is 9.76. The van der Waals surface area contributed by atoms with E-state index in [0.29, 0.717) is 12.7 Å². The van der Waals surface area contributed by atoms with Gasteiger partial charge in [-0.2, -0.15) is 0 Å². The lowest BCUT2D eigenvalue weighted by molar-refractivity contribution is 0.113. The smallest absolute Gasteiger partial charge is 0.104 e. The summed E-state index contributed by atoms with van der Waals surface area (Å²) in [5.41, 5.74) is 2.78. The molecule has 1 aliphatic rings. The van der Waals surface area contributed by atoms with Crippen LogP contribution in [-0.2, 0) is 22.3 Å². The first-order chi connectivity index (χ1) is 12.9. The van der Waals surface area contributed by atoms with E-state index in [1.54, 1.807) is 0 Å². The summed E-state index contributed by atoms with van der Waals surface area (Å²) >= 11 is 0. The summed E-state index contributed by atoms with van der Waals surface area (Å²) in [6.45, 7) is 2.86. The zero-order chi connectivity index (χ0) is 18.3. The molecule has 1 heterocycles. The molecule has 1 aliphatic heterocycles. The van der Waals surface area contributed by atoms with Crippen molar-refractivity contribution in [2.24, 2.45) is 0 Å². The molecule has 0 saturated carbocycles. The average molecular weight is 357 g/mol. The quantitative estimate of drug-likeness (QED) is 0.478. The molecule has 3 nitrogen and oxygen atoms in total. The monoisotopic (exact) mass is 356 g/mol. The summed E-state index contributed by atoms with van der Waals surface area (Å²) in [6, 6.07) is 21.0. The van der Waals surface area contributed by atoms with Gasteiger partial charge in [0, 0.05) is 13.2 Å². The van der Waals surface area contributed by atoms with E-state index in [4.69, 9.17) is 14.6 Å². The number of aryl methyl sites for hydroxylation is 2. The Morgan fingerprint density at radius 2 is 1.35 bits per heavy atom. The van der Waals surface area contributed by atoms with E-state index in [0.717, 1.165) is 51.9 Å². The Kier molecular flexibility index (Phi) is 10.7. The molecule has 0 radical (unpaired) electrons. The minimum atomic E-state index is 0.312. The summed E-state index contributed by atoms with van der Waals surface area (Å²) in [5.74, 6) is 0. The van der Waals surface area contributed by atoms with Gasteiger partial charge in [0.2, 0.25) is 0 Å². The number of ether oxygens (including phenoxy) is 2. The lowest BCUT2D eigenvalue weighted by atomic mass is 10.1. The highest BCUT2D eigenvalue weighted by molar-refractivity contribution is 5.15. The van der Waals surface area contributed by atoms with Gasteiger partial charge in [-0.25, -0.2) is 0 Å². The highest BCUT2D eigenvalue weighted by Gasteiger charge is 2.21. The van der Waals surface area contributed by atoms with Crippen molar-refractivity contribution in [3.05, 3.63) is 71.8 Å². The number of benzene rings is 2. The Morgan fingerprint density at radius 3 is 1.85 bits per heavy atom. The molecule has 0 aliphatic carbocycles. The molecule has 2 aromatic carbocycles. The van der Waals surface area contributed by atoms with Gasteiger partial charge in [0.05, 0.1) is 13.2 Å². The summed E-state index contributed by atoms with van der Waals surface area (Å²) in [7, 11) is 0. The Balaban J connectivity index is 0.000000197. The van der Waals surface area contributed by atoms with Gasteiger partial charge in [-0.15, -0.1) is 0 Å². The topological polar surface area (TPSA) is 42.0 Å². The summed E-state index contributed by atoms with van der Waals surface area (Å²) in [4.78, 5) is 0. The molecular formula is C23H32O3. The number of hydrogen-bond donors (Lipinski definition) is 1. The van der Waals surface area contributed by atoms with Crippen LogP contribution in [-0.4, -0.2) is 37.6 Å². The predicted octanol–water partition coefficient (Wildman–Crippen LogP) is 4.43. The van der Waals surface area contributed by atoms with Gasteiger partial charge in [0.25, 0.3) is 0 Å². The fourth-order valence-electron chi connectivity index (χ4n) is 2.64. The Labute approximate surface area is 158 Å². The summed E-state index contributed by atoms with van der Waals surface area (Å²) < 4.78 is 10.5. The normalized spacial score (nSPS) is 15.2. The zero-order valence-corrected chi connectivity index (χ0v) is 15.7. The fraction of sp³-hybridized carbons (Fsp3) is 0.478. The van der Waals surface area contributed by atoms with Crippen LogP contribution in [0.1, 0.15) is 36.8 Å². The van der Waals surface area contributed by atoms with Crippen LogP contribution in [0, 0.1) is 0 Å². The number of aliphatic hydroxyl groups excluding tert-OH is 1. The third-order valence-electron chi connectivity index (χ3n) is 4.27. The van der Waals surface area contributed by atoms with Gasteiger partial charge in [0.1, 0.15) is 6.10 Å². The van der Waals surface area contributed by atoms with E-state index in [-0.39, 0.29) is 0 Å². The van der Waals surface area contributed by atoms with Crippen molar-refractivity contribution in [2.75, 3.05) is 26.4 Å². The van der Waals surface area contributed by atoms with Gasteiger partial charge in [-0.3, -0.25) is 0 Å². The maximum absolute atomic E-state index is 8.54. The number of unbranched alkanes of at least 4 members (excludes halogenated alkanes) is 2. The van der Waals surface area contributed by atoms with E-state index in [1.807, 2.05) is 18.2 Å². The highest BCUT2D eigenvalue weighted by atomic mass is 16.6. The first-order valence-electron chi connectivity index (χ1n) is 9.76. The molecule has 0 spiro atoms. The Morgan fingerprint density at radius 1 is 0.808 bits per heavy atom. The Hall–Kier alpha value is -1.68. The average Bonchev–Trinajstić information content (AvgIpc) is 3.51. The van der Waals surface area contributed by atoms with Gasteiger partial charge in [0.15, 0.2) is 0 Å². The van der Waals surface area contributed by atoms with Gasteiger partial charge >= 0.3 is 0 Å². The van der Waals surface area contributed by atoms with Crippen molar-refractivity contribution in [1.82, 2.24) is 0 Å². The van der Waals surface area contributed by atoms with Crippen molar-refractivity contribution in [1.29, 1.82) is 0 Å². The van der Waals surface area contributed by atoms with Crippen molar-refractivity contribution < 1.29 is 14.6 Å². The molecule has 26 heavy (non-hydrogen) atoms. The second-order valence-electron chi connectivity index (χ2n) is 6.64. The van der Waals surface area contributed by atoms with E-state index in [1.165, 1.54) is 17.5 Å². The molecule has 1 saturated heterocycles. The van der Waals surface area contributed by atoms with Crippen molar-refractivity contribution >= 4 is 0 Å². The molecule has 1 fully saturated rings. The number of hydrogen-bond acceptors (Lipinski definition) is 3. The molecule has 0 aromatic heterocycles. The predicted molar refractivity (Wildman–Crippen MR) is 106 cm³/mol. The maximum atomic E-state index is 8.54. The molecule has 0 amide bonds.